The Bertz CT molecular complexity index is 406. The maximum Gasteiger partial charge on any atom is 0.0369 e. The van der Waals surface area contributed by atoms with Crippen molar-refractivity contribution in [2.45, 2.75) is 26.3 Å². The first-order chi connectivity index (χ1) is 9.10. The summed E-state index contributed by atoms with van der Waals surface area (Å²) in [5.74, 6) is 0.857. The summed E-state index contributed by atoms with van der Waals surface area (Å²) in [5.41, 5.74) is 9.66. The highest BCUT2D eigenvalue weighted by atomic mass is 15.1. The molecule has 1 heterocycles. The monoisotopic (exact) mass is 261 g/mol. The van der Waals surface area contributed by atoms with Crippen LogP contribution in [0.15, 0.2) is 18.2 Å². The van der Waals surface area contributed by atoms with Gasteiger partial charge in [-0.2, -0.15) is 0 Å². The van der Waals surface area contributed by atoms with Gasteiger partial charge in [0, 0.05) is 31.9 Å². The third-order valence-electron chi connectivity index (χ3n) is 4.15. The van der Waals surface area contributed by atoms with Gasteiger partial charge in [-0.25, -0.2) is 0 Å². The Hall–Kier alpha value is -1.06. The van der Waals surface area contributed by atoms with E-state index >= 15 is 0 Å². The number of rotatable bonds is 4. The molecule has 3 heteroatoms. The van der Waals surface area contributed by atoms with E-state index in [1.54, 1.807) is 0 Å². The van der Waals surface area contributed by atoms with E-state index in [-0.39, 0.29) is 0 Å². The third-order valence-corrected chi connectivity index (χ3v) is 4.15. The zero-order valence-electron chi connectivity index (χ0n) is 12.5. The molecule has 2 N–H and O–H groups in total. The Morgan fingerprint density at radius 1 is 1.26 bits per heavy atom. The van der Waals surface area contributed by atoms with Crippen LogP contribution in [0.5, 0.6) is 0 Å². The second kappa shape index (κ2) is 6.40. The number of benzene rings is 1. The van der Waals surface area contributed by atoms with E-state index in [2.05, 4.69) is 49.0 Å². The van der Waals surface area contributed by atoms with Gasteiger partial charge in [-0.15, -0.1) is 0 Å². The minimum Gasteiger partial charge on any atom is -0.372 e. The smallest absolute Gasteiger partial charge is 0.0369 e. The number of nitrogens with two attached hydrogens (primary N) is 1. The summed E-state index contributed by atoms with van der Waals surface area (Å²) in [7, 11) is 4.34. The summed E-state index contributed by atoms with van der Waals surface area (Å²) in [6.45, 7) is 6.38. The molecule has 1 aromatic rings. The molecule has 1 aliphatic heterocycles. The van der Waals surface area contributed by atoms with E-state index in [0.29, 0.717) is 6.54 Å². The van der Waals surface area contributed by atoms with Crippen molar-refractivity contribution in [2.75, 3.05) is 38.6 Å². The normalized spacial score (nSPS) is 17.2. The summed E-state index contributed by atoms with van der Waals surface area (Å²) in [6.07, 6.45) is 2.60. The van der Waals surface area contributed by atoms with Gasteiger partial charge in [0.2, 0.25) is 0 Å². The second-order valence-corrected chi connectivity index (χ2v) is 6.01. The number of anilines is 1. The molecular weight excluding hydrogens is 234 g/mol. The highest BCUT2D eigenvalue weighted by Crippen LogP contribution is 2.25. The quantitative estimate of drug-likeness (QED) is 0.902. The average Bonchev–Trinajstić information content (AvgIpc) is 2.39. The average molecular weight is 261 g/mol. The van der Waals surface area contributed by atoms with Crippen LogP contribution >= 0.6 is 0 Å². The van der Waals surface area contributed by atoms with Crippen molar-refractivity contribution in [1.82, 2.24) is 4.90 Å². The van der Waals surface area contributed by atoms with Crippen LogP contribution in [0.25, 0.3) is 0 Å². The molecule has 0 radical (unpaired) electrons. The summed E-state index contributed by atoms with van der Waals surface area (Å²) >= 11 is 0. The fourth-order valence-electron chi connectivity index (χ4n) is 3.00. The highest BCUT2D eigenvalue weighted by molar-refractivity contribution is 5.51. The van der Waals surface area contributed by atoms with Gasteiger partial charge in [-0.3, -0.25) is 0 Å². The fourth-order valence-corrected chi connectivity index (χ4v) is 3.00. The molecule has 0 spiro atoms. The number of aryl methyl sites for hydroxylation is 1. The van der Waals surface area contributed by atoms with Crippen molar-refractivity contribution in [1.29, 1.82) is 0 Å². The first-order valence-corrected chi connectivity index (χ1v) is 7.29. The lowest BCUT2D eigenvalue weighted by Gasteiger charge is -2.35. The van der Waals surface area contributed by atoms with Gasteiger partial charge < -0.3 is 15.5 Å². The molecule has 1 saturated heterocycles. The van der Waals surface area contributed by atoms with E-state index in [1.807, 2.05) is 0 Å². The van der Waals surface area contributed by atoms with Gasteiger partial charge in [0.1, 0.15) is 0 Å². The largest absolute Gasteiger partial charge is 0.372 e. The van der Waals surface area contributed by atoms with Crippen molar-refractivity contribution in [2.24, 2.45) is 11.7 Å². The Labute approximate surface area is 117 Å². The fraction of sp³-hybridized carbons (Fsp3) is 0.625. The summed E-state index contributed by atoms with van der Waals surface area (Å²) in [6, 6.07) is 6.69. The van der Waals surface area contributed by atoms with Crippen LogP contribution in [-0.2, 0) is 6.54 Å². The molecule has 0 atom stereocenters. The van der Waals surface area contributed by atoms with Crippen LogP contribution in [0, 0.1) is 12.8 Å². The molecule has 19 heavy (non-hydrogen) atoms. The maximum absolute atomic E-state index is 5.73. The van der Waals surface area contributed by atoms with Crippen LogP contribution in [0.2, 0.25) is 0 Å². The molecule has 0 bridgehead atoms. The van der Waals surface area contributed by atoms with Gasteiger partial charge in [-0.05, 0) is 63.0 Å². The topological polar surface area (TPSA) is 32.5 Å². The van der Waals surface area contributed by atoms with E-state index in [4.69, 9.17) is 5.73 Å². The lowest BCUT2D eigenvalue weighted by molar-refractivity contribution is 0.285. The minimum absolute atomic E-state index is 0.636. The van der Waals surface area contributed by atoms with Crippen molar-refractivity contribution >= 4 is 5.69 Å². The minimum atomic E-state index is 0.636. The first-order valence-electron chi connectivity index (χ1n) is 7.29. The van der Waals surface area contributed by atoms with Crippen LogP contribution in [0.4, 0.5) is 5.69 Å². The van der Waals surface area contributed by atoms with Crippen LogP contribution in [-0.4, -0.2) is 38.6 Å². The number of hydrogen-bond donors (Lipinski definition) is 1. The molecule has 0 amide bonds. The molecule has 1 fully saturated rings. The molecule has 106 valence electrons. The van der Waals surface area contributed by atoms with Crippen molar-refractivity contribution in [3.63, 3.8) is 0 Å². The van der Waals surface area contributed by atoms with Crippen molar-refractivity contribution in [3.05, 3.63) is 29.3 Å². The van der Waals surface area contributed by atoms with Gasteiger partial charge in [0.15, 0.2) is 0 Å². The van der Waals surface area contributed by atoms with Crippen molar-refractivity contribution in [3.8, 4) is 0 Å². The second-order valence-electron chi connectivity index (χ2n) is 6.01. The Morgan fingerprint density at radius 2 is 1.95 bits per heavy atom. The third kappa shape index (κ3) is 3.71. The summed E-state index contributed by atoms with van der Waals surface area (Å²) in [4.78, 5) is 4.82. The van der Waals surface area contributed by atoms with Crippen molar-refractivity contribution < 1.29 is 0 Å². The van der Waals surface area contributed by atoms with Crippen LogP contribution < -0.4 is 10.6 Å². The predicted molar refractivity (Wildman–Crippen MR) is 82.6 cm³/mol. The Morgan fingerprint density at radius 3 is 2.47 bits per heavy atom. The molecule has 0 aliphatic carbocycles. The molecular formula is C16H27N3. The number of piperidine rings is 1. The van der Waals surface area contributed by atoms with E-state index in [1.165, 1.54) is 49.3 Å². The molecule has 1 aromatic carbocycles. The predicted octanol–water partition coefficient (Wildman–Crippen LogP) is 2.23. The number of hydrogen-bond acceptors (Lipinski definition) is 3. The highest BCUT2D eigenvalue weighted by Gasteiger charge is 2.20. The summed E-state index contributed by atoms with van der Waals surface area (Å²) in [5, 5.41) is 0. The van der Waals surface area contributed by atoms with Crippen LogP contribution in [0.1, 0.15) is 24.0 Å². The number of nitrogens with zero attached hydrogens (tertiary/aromatic N) is 2. The molecule has 0 aromatic heterocycles. The zero-order chi connectivity index (χ0) is 13.8. The standard InChI is InChI=1S/C16H27N3/c1-13-10-16(5-4-15(13)11-17)19-8-6-14(7-9-19)12-18(2)3/h4-5,10,14H,6-9,11-12,17H2,1-3H3. The molecule has 1 aliphatic rings. The zero-order valence-corrected chi connectivity index (χ0v) is 12.5. The maximum atomic E-state index is 5.73. The first kappa shape index (κ1) is 14.4. The van der Waals surface area contributed by atoms with E-state index in [0.717, 1.165) is 5.92 Å². The van der Waals surface area contributed by atoms with Gasteiger partial charge in [0.05, 0.1) is 0 Å². The molecule has 3 nitrogen and oxygen atoms in total. The lowest BCUT2D eigenvalue weighted by atomic mass is 9.95. The SMILES string of the molecule is Cc1cc(N2CCC(CN(C)C)CC2)ccc1CN. The summed E-state index contributed by atoms with van der Waals surface area (Å²) < 4.78 is 0. The van der Waals surface area contributed by atoms with Gasteiger partial charge >= 0.3 is 0 Å². The van der Waals surface area contributed by atoms with Crippen LogP contribution in [0.3, 0.4) is 0 Å². The van der Waals surface area contributed by atoms with E-state index < -0.39 is 0 Å². The molecule has 2 rings (SSSR count). The Kier molecular flexibility index (Phi) is 4.83. The Balaban J connectivity index is 1.96. The van der Waals surface area contributed by atoms with Gasteiger partial charge in [0.25, 0.3) is 0 Å². The lowest BCUT2D eigenvalue weighted by Crippen LogP contribution is -2.37. The molecule has 0 unspecified atom stereocenters. The van der Waals surface area contributed by atoms with Gasteiger partial charge in [-0.1, -0.05) is 6.07 Å². The molecule has 0 saturated carbocycles. The van der Waals surface area contributed by atoms with E-state index in [9.17, 15) is 0 Å².